The molecular weight excluding hydrogens is 458 g/mol. The van der Waals surface area contributed by atoms with E-state index < -0.39 is 5.97 Å². The molecule has 1 unspecified atom stereocenters. The number of carbonyl (C=O) groups is 1. The van der Waals surface area contributed by atoms with Gasteiger partial charge in [-0.15, -0.1) is 0 Å². The number of methoxy groups -OCH3 is 2. The smallest absolute Gasteiger partial charge is 0.350 e. The molecule has 0 spiro atoms. The fourth-order valence-electron chi connectivity index (χ4n) is 5.74. The average Bonchev–Trinajstić information content (AvgIpc) is 2.85. The van der Waals surface area contributed by atoms with E-state index in [4.69, 9.17) is 9.47 Å². The van der Waals surface area contributed by atoms with E-state index in [1.165, 1.54) is 11.1 Å². The Hall–Kier alpha value is -3.81. The van der Waals surface area contributed by atoms with E-state index >= 15 is 0 Å². The van der Waals surface area contributed by atoms with Crippen LogP contribution < -0.4 is 20.1 Å². The van der Waals surface area contributed by atoms with Crippen molar-refractivity contribution in [3.63, 3.8) is 0 Å². The molecule has 1 N–H and O–H groups in total. The molecule has 3 heterocycles. The Morgan fingerprint density at radius 3 is 2.53 bits per heavy atom. The average molecular weight is 490 g/mol. The Bertz CT molecular complexity index is 1410. The van der Waals surface area contributed by atoms with Crippen LogP contribution in [0.1, 0.15) is 41.5 Å². The Labute approximate surface area is 210 Å². The molecule has 0 fully saturated rings. The van der Waals surface area contributed by atoms with Gasteiger partial charge in [0.2, 0.25) is 0 Å². The van der Waals surface area contributed by atoms with E-state index in [-0.39, 0.29) is 18.2 Å². The minimum absolute atomic E-state index is 0.0607. The molecule has 0 amide bonds. The third-order valence-electron chi connectivity index (χ3n) is 7.30. The summed E-state index contributed by atoms with van der Waals surface area (Å²) in [6.07, 6.45) is 2.89. The van der Waals surface area contributed by atoms with Gasteiger partial charge in [-0.1, -0.05) is 17.7 Å². The number of carboxylic acids is 1. The van der Waals surface area contributed by atoms with Gasteiger partial charge in [-0.25, -0.2) is 4.79 Å². The third-order valence-corrected chi connectivity index (χ3v) is 7.30. The number of benzene rings is 2. The molecule has 8 heteroatoms. The van der Waals surface area contributed by atoms with Crippen LogP contribution in [0.5, 0.6) is 11.5 Å². The Morgan fingerprint density at radius 2 is 1.81 bits per heavy atom. The number of hydrogen-bond acceptors (Lipinski definition) is 6. The SMILES string of the molecule is COc1cc2c(cc1OC)-c1cc(N3c4c(C)cc(C)cc4CCC3CCC(=O)O)nc(=O)n1CC2. The molecule has 0 bridgehead atoms. The van der Waals surface area contributed by atoms with Crippen LogP contribution in [0.4, 0.5) is 11.5 Å². The van der Waals surface area contributed by atoms with Gasteiger partial charge in [0.1, 0.15) is 5.82 Å². The molecule has 5 rings (SSSR count). The number of rotatable bonds is 6. The lowest BCUT2D eigenvalue weighted by molar-refractivity contribution is -0.137. The minimum Gasteiger partial charge on any atom is -0.493 e. The number of nitrogens with zero attached hydrogens (tertiary/aromatic N) is 3. The Kier molecular flexibility index (Phi) is 6.20. The first-order valence-electron chi connectivity index (χ1n) is 12.3. The number of aryl methyl sites for hydroxylation is 4. The highest BCUT2D eigenvalue weighted by Gasteiger charge is 2.32. The lowest BCUT2D eigenvalue weighted by Crippen LogP contribution is -2.39. The summed E-state index contributed by atoms with van der Waals surface area (Å²) in [5.41, 5.74) is 6.97. The molecule has 0 aliphatic carbocycles. The van der Waals surface area contributed by atoms with Crippen molar-refractivity contribution >= 4 is 17.5 Å². The van der Waals surface area contributed by atoms with E-state index in [0.29, 0.717) is 36.7 Å². The van der Waals surface area contributed by atoms with Gasteiger partial charge in [-0.2, -0.15) is 4.98 Å². The topological polar surface area (TPSA) is 93.9 Å². The summed E-state index contributed by atoms with van der Waals surface area (Å²) in [7, 11) is 3.21. The first-order valence-corrected chi connectivity index (χ1v) is 12.3. The number of aromatic nitrogens is 2. The number of hydrogen-bond donors (Lipinski definition) is 1. The molecule has 188 valence electrons. The minimum atomic E-state index is -0.824. The summed E-state index contributed by atoms with van der Waals surface area (Å²) in [5, 5.41) is 9.38. The maximum atomic E-state index is 13.3. The zero-order chi connectivity index (χ0) is 25.6. The van der Waals surface area contributed by atoms with Gasteiger partial charge in [0, 0.05) is 36.3 Å². The van der Waals surface area contributed by atoms with Crippen molar-refractivity contribution in [1.82, 2.24) is 9.55 Å². The van der Waals surface area contributed by atoms with Crippen molar-refractivity contribution in [1.29, 1.82) is 0 Å². The largest absolute Gasteiger partial charge is 0.493 e. The van der Waals surface area contributed by atoms with Crippen LogP contribution in [-0.2, 0) is 24.2 Å². The van der Waals surface area contributed by atoms with Gasteiger partial charge in [-0.3, -0.25) is 9.36 Å². The number of anilines is 2. The molecule has 8 nitrogen and oxygen atoms in total. The Morgan fingerprint density at radius 1 is 1.06 bits per heavy atom. The lowest BCUT2D eigenvalue weighted by atomic mass is 9.89. The molecule has 36 heavy (non-hydrogen) atoms. The van der Waals surface area contributed by atoms with Gasteiger partial charge >= 0.3 is 11.7 Å². The number of carboxylic acid groups (broad SMARTS) is 1. The molecule has 2 aliphatic heterocycles. The molecule has 0 saturated heterocycles. The fourth-order valence-corrected chi connectivity index (χ4v) is 5.74. The predicted molar refractivity (Wildman–Crippen MR) is 138 cm³/mol. The normalized spacial score (nSPS) is 16.1. The van der Waals surface area contributed by atoms with E-state index in [1.54, 1.807) is 18.8 Å². The van der Waals surface area contributed by atoms with Crippen molar-refractivity contribution in [3.8, 4) is 22.8 Å². The van der Waals surface area contributed by atoms with E-state index in [0.717, 1.165) is 40.9 Å². The first kappa shape index (κ1) is 23.9. The van der Waals surface area contributed by atoms with Gasteiger partial charge in [0.15, 0.2) is 11.5 Å². The molecule has 1 atom stereocenters. The first-order chi connectivity index (χ1) is 17.3. The van der Waals surface area contributed by atoms with Gasteiger partial charge in [0.05, 0.1) is 19.9 Å². The van der Waals surface area contributed by atoms with Crippen molar-refractivity contribution in [2.75, 3.05) is 19.1 Å². The van der Waals surface area contributed by atoms with Crippen LogP contribution in [0, 0.1) is 13.8 Å². The second-order valence-electron chi connectivity index (χ2n) is 9.63. The van der Waals surface area contributed by atoms with Gasteiger partial charge < -0.3 is 19.5 Å². The summed E-state index contributed by atoms with van der Waals surface area (Å²) in [6.45, 7) is 4.67. The van der Waals surface area contributed by atoms with E-state index in [2.05, 4.69) is 35.9 Å². The monoisotopic (exact) mass is 489 g/mol. The standard InChI is InChI=1S/C28H31N3O5/c1-16-11-17(2)27-19(12-16)5-6-20(7-8-26(32)33)31(27)25-15-22-21-14-24(36-4)23(35-3)13-18(21)9-10-30(22)28(34)29-25/h11-15,20H,5-10H2,1-4H3,(H,32,33). The predicted octanol–water partition coefficient (Wildman–Crippen LogP) is 4.42. The lowest BCUT2D eigenvalue weighted by Gasteiger charge is -2.40. The summed E-state index contributed by atoms with van der Waals surface area (Å²) < 4.78 is 12.7. The number of ether oxygens (including phenoxy) is 2. The number of fused-ring (bicyclic) bond motifs is 4. The quantitative estimate of drug-likeness (QED) is 0.548. The second kappa shape index (κ2) is 9.33. The highest BCUT2D eigenvalue weighted by atomic mass is 16.5. The van der Waals surface area contributed by atoms with E-state index in [9.17, 15) is 14.7 Å². The molecule has 0 radical (unpaired) electrons. The maximum absolute atomic E-state index is 13.3. The summed E-state index contributed by atoms with van der Waals surface area (Å²) in [4.78, 5) is 31.4. The summed E-state index contributed by atoms with van der Waals surface area (Å²) in [6, 6.07) is 10.1. The van der Waals surface area contributed by atoms with Gasteiger partial charge in [0.25, 0.3) is 0 Å². The van der Waals surface area contributed by atoms with E-state index in [1.807, 2.05) is 18.2 Å². The molecule has 3 aromatic rings. The van der Waals surface area contributed by atoms with Crippen LogP contribution >= 0.6 is 0 Å². The molecule has 1 aromatic heterocycles. The molecule has 0 saturated carbocycles. The van der Waals surface area contributed by atoms with Gasteiger partial charge in [-0.05, 0) is 68.4 Å². The molecular formula is C28H31N3O5. The maximum Gasteiger partial charge on any atom is 0.350 e. The highest BCUT2D eigenvalue weighted by molar-refractivity contribution is 5.76. The zero-order valence-electron chi connectivity index (χ0n) is 21.1. The van der Waals surface area contributed by atoms with Crippen molar-refractivity contribution in [3.05, 3.63) is 63.1 Å². The van der Waals surface area contributed by atoms with Crippen LogP contribution in [0.2, 0.25) is 0 Å². The van der Waals surface area contributed by atoms with Crippen LogP contribution in [0.3, 0.4) is 0 Å². The zero-order valence-corrected chi connectivity index (χ0v) is 21.1. The van der Waals surface area contributed by atoms with Crippen molar-refractivity contribution in [2.45, 2.75) is 58.5 Å². The fraction of sp³-hybridized carbons (Fsp3) is 0.393. The van der Waals surface area contributed by atoms with Crippen LogP contribution in [-0.4, -0.2) is 40.9 Å². The summed E-state index contributed by atoms with van der Waals surface area (Å²) in [5.74, 6) is 0.988. The van der Waals surface area contributed by atoms with Crippen LogP contribution in [0.15, 0.2) is 35.1 Å². The van der Waals surface area contributed by atoms with Crippen molar-refractivity contribution < 1.29 is 19.4 Å². The number of aliphatic carboxylic acids is 1. The second-order valence-corrected chi connectivity index (χ2v) is 9.63. The third kappa shape index (κ3) is 4.10. The van der Waals surface area contributed by atoms with Crippen molar-refractivity contribution in [2.24, 2.45) is 0 Å². The molecule has 2 aliphatic rings. The summed E-state index contributed by atoms with van der Waals surface area (Å²) >= 11 is 0. The molecule has 2 aromatic carbocycles. The Balaban J connectivity index is 1.69. The highest BCUT2D eigenvalue weighted by Crippen LogP contribution is 2.43. The van der Waals surface area contributed by atoms with Crippen LogP contribution in [0.25, 0.3) is 11.3 Å².